The zero-order valence-corrected chi connectivity index (χ0v) is 22.7. The van der Waals surface area contributed by atoms with Gasteiger partial charge < -0.3 is 14.8 Å². The molecule has 0 unspecified atom stereocenters. The number of piperidine rings is 1. The first-order valence-corrected chi connectivity index (χ1v) is 14.2. The molecule has 1 aromatic heterocycles. The van der Waals surface area contributed by atoms with Crippen molar-refractivity contribution in [3.8, 4) is 17.6 Å². The molecule has 2 N–H and O–H groups in total. The van der Waals surface area contributed by atoms with Gasteiger partial charge in [0.25, 0.3) is 5.56 Å². The molecule has 0 saturated carbocycles. The fourth-order valence-electron chi connectivity index (χ4n) is 5.08. The maximum absolute atomic E-state index is 15.8. The molecular formula is C26H28F2N6O5S. The Balaban J connectivity index is 1.51. The van der Waals surface area contributed by atoms with Gasteiger partial charge in [-0.15, -0.1) is 0 Å². The number of halogens is 2. The maximum Gasteiger partial charge on any atom is 0.301 e. The molecule has 2 aliphatic rings. The van der Waals surface area contributed by atoms with Gasteiger partial charge in [0.05, 0.1) is 35.8 Å². The standard InChI is InChI=1S/C26H28F2N6O5S/c1-3-33(2)40(36,37)32-19-5-4-18(27)24(17(19)13-29)39-21-7-6-20-22(23(21)28)25(35)34(15-31-20)16-12-26(38-14-16)8-10-30-11-9-26/h4-7,15-16,30,32H,3,8-12,14H2,1-2H3/t16-/m0/s1. The van der Waals surface area contributed by atoms with Crippen LogP contribution in [0.2, 0.25) is 0 Å². The highest BCUT2D eigenvalue weighted by atomic mass is 32.2. The lowest BCUT2D eigenvalue weighted by Crippen LogP contribution is -2.41. The molecule has 2 saturated heterocycles. The highest BCUT2D eigenvalue weighted by Crippen LogP contribution is 2.39. The van der Waals surface area contributed by atoms with Crippen LogP contribution in [0.3, 0.4) is 0 Å². The van der Waals surface area contributed by atoms with Crippen molar-refractivity contribution in [2.75, 3.05) is 38.0 Å². The van der Waals surface area contributed by atoms with E-state index in [2.05, 4.69) is 15.0 Å². The van der Waals surface area contributed by atoms with E-state index in [1.807, 2.05) is 0 Å². The third kappa shape index (κ3) is 5.01. The predicted molar refractivity (Wildman–Crippen MR) is 142 cm³/mol. The van der Waals surface area contributed by atoms with Crippen molar-refractivity contribution in [1.29, 1.82) is 5.26 Å². The number of anilines is 1. The number of fused-ring (bicyclic) bond motifs is 1. The van der Waals surface area contributed by atoms with Crippen LogP contribution in [0, 0.1) is 23.0 Å². The second-order valence-corrected chi connectivity index (χ2v) is 11.6. The average molecular weight is 575 g/mol. The van der Waals surface area contributed by atoms with E-state index in [0.29, 0.717) is 6.42 Å². The van der Waals surface area contributed by atoms with Crippen molar-refractivity contribution < 1.29 is 26.7 Å². The van der Waals surface area contributed by atoms with Gasteiger partial charge in [0.15, 0.2) is 23.1 Å². The smallest absolute Gasteiger partial charge is 0.301 e. The normalized spacial score (nSPS) is 18.8. The van der Waals surface area contributed by atoms with Crippen LogP contribution in [-0.2, 0) is 14.9 Å². The molecule has 0 bridgehead atoms. The SMILES string of the molecule is CCN(C)S(=O)(=O)Nc1ccc(F)c(Oc2ccc3ncn([C@@H]4COC5(CCNCC5)C4)c(=O)c3c2F)c1C#N. The second-order valence-electron chi connectivity index (χ2n) is 9.86. The van der Waals surface area contributed by atoms with Gasteiger partial charge >= 0.3 is 10.2 Å². The van der Waals surface area contributed by atoms with Crippen LogP contribution in [0.25, 0.3) is 10.9 Å². The zero-order valence-electron chi connectivity index (χ0n) is 21.9. The zero-order chi connectivity index (χ0) is 28.7. The van der Waals surface area contributed by atoms with E-state index >= 15 is 4.39 Å². The maximum atomic E-state index is 15.8. The minimum atomic E-state index is -4.05. The van der Waals surface area contributed by atoms with Crippen LogP contribution < -0.4 is 20.3 Å². The van der Waals surface area contributed by atoms with Crippen LogP contribution in [0.15, 0.2) is 35.4 Å². The van der Waals surface area contributed by atoms with Crippen molar-refractivity contribution in [3.05, 3.63) is 58.1 Å². The lowest BCUT2D eigenvalue weighted by atomic mass is 9.88. The fourth-order valence-corrected chi connectivity index (χ4v) is 6.03. The molecule has 2 fully saturated rings. The minimum absolute atomic E-state index is 0.0756. The molecule has 2 aliphatic heterocycles. The first-order chi connectivity index (χ1) is 19.1. The third-order valence-electron chi connectivity index (χ3n) is 7.48. The van der Waals surface area contributed by atoms with E-state index in [0.717, 1.165) is 42.4 Å². The first kappa shape index (κ1) is 27.9. The van der Waals surface area contributed by atoms with Gasteiger partial charge in [0, 0.05) is 13.6 Å². The van der Waals surface area contributed by atoms with Gasteiger partial charge in [-0.1, -0.05) is 6.92 Å². The summed E-state index contributed by atoms with van der Waals surface area (Å²) in [4.78, 5) is 17.7. The van der Waals surface area contributed by atoms with Crippen LogP contribution in [0.1, 0.15) is 37.8 Å². The van der Waals surface area contributed by atoms with Crippen molar-refractivity contribution in [2.24, 2.45) is 0 Å². The van der Waals surface area contributed by atoms with E-state index in [1.54, 1.807) is 13.0 Å². The van der Waals surface area contributed by atoms with Crippen LogP contribution in [0.4, 0.5) is 14.5 Å². The molecule has 2 aromatic carbocycles. The summed E-state index contributed by atoms with van der Waals surface area (Å²) in [6, 6.07) is 5.87. The minimum Gasteiger partial charge on any atom is -0.450 e. The summed E-state index contributed by atoms with van der Waals surface area (Å²) < 4.78 is 71.7. The van der Waals surface area contributed by atoms with Crippen molar-refractivity contribution in [2.45, 2.75) is 37.8 Å². The molecule has 3 heterocycles. The van der Waals surface area contributed by atoms with E-state index < -0.39 is 44.5 Å². The van der Waals surface area contributed by atoms with Gasteiger partial charge in [-0.2, -0.15) is 18.0 Å². The van der Waals surface area contributed by atoms with E-state index in [4.69, 9.17) is 9.47 Å². The van der Waals surface area contributed by atoms with Gasteiger partial charge in [-0.25, -0.2) is 13.8 Å². The third-order valence-corrected chi connectivity index (χ3v) is 9.04. The first-order valence-electron chi connectivity index (χ1n) is 12.8. The van der Waals surface area contributed by atoms with Crippen molar-refractivity contribution in [1.82, 2.24) is 19.2 Å². The lowest BCUT2D eigenvalue weighted by Gasteiger charge is -2.32. The fraction of sp³-hybridized carbons (Fsp3) is 0.423. The number of hydrogen-bond acceptors (Lipinski definition) is 8. The summed E-state index contributed by atoms with van der Waals surface area (Å²) in [5, 5.41) is 12.7. The molecule has 1 spiro atoms. The summed E-state index contributed by atoms with van der Waals surface area (Å²) in [7, 11) is -2.73. The molecule has 0 aliphatic carbocycles. The summed E-state index contributed by atoms with van der Waals surface area (Å²) in [6.07, 6.45) is 3.58. The molecule has 3 aromatic rings. The van der Waals surface area contributed by atoms with Gasteiger partial charge in [0.2, 0.25) is 0 Å². The molecule has 14 heteroatoms. The number of hydrogen-bond donors (Lipinski definition) is 2. The van der Waals surface area contributed by atoms with E-state index in [9.17, 15) is 22.9 Å². The quantitative estimate of drug-likeness (QED) is 0.439. The summed E-state index contributed by atoms with van der Waals surface area (Å²) in [6.45, 7) is 3.66. The number of aromatic nitrogens is 2. The summed E-state index contributed by atoms with van der Waals surface area (Å²) in [5.41, 5.74) is -1.65. The van der Waals surface area contributed by atoms with Crippen molar-refractivity contribution >= 4 is 26.8 Å². The number of rotatable bonds is 7. The van der Waals surface area contributed by atoms with Crippen molar-refractivity contribution in [3.63, 3.8) is 0 Å². The summed E-state index contributed by atoms with van der Waals surface area (Å²) >= 11 is 0. The molecule has 5 rings (SSSR count). The highest BCUT2D eigenvalue weighted by Gasteiger charge is 2.42. The second kappa shape index (κ2) is 10.7. The van der Waals surface area contributed by atoms with Gasteiger partial charge in [-0.05, 0) is 56.6 Å². The summed E-state index contributed by atoms with van der Waals surface area (Å²) in [5.74, 6) is -3.33. The molecule has 1 atom stereocenters. The molecule has 0 amide bonds. The van der Waals surface area contributed by atoms with Crippen LogP contribution in [-0.4, -0.2) is 61.2 Å². The Labute approximate surface area is 229 Å². The Kier molecular flexibility index (Phi) is 7.49. The predicted octanol–water partition coefficient (Wildman–Crippen LogP) is 3.03. The molecule has 11 nitrogen and oxygen atoms in total. The number of benzene rings is 2. The Morgan fingerprint density at radius 1 is 1.30 bits per heavy atom. The number of nitrogens with one attached hydrogen (secondary N) is 2. The topological polar surface area (TPSA) is 139 Å². The largest absolute Gasteiger partial charge is 0.450 e. The van der Waals surface area contributed by atoms with E-state index in [-0.39, 0.29) is 41.4 Å². The van der Waals surface area contributed by atoms with Crippen LogP contribution >= 0.6 is 0 Å². The molecule has 0 radical (unpaired) electrons. The highest BCUT2D eigenvalue weighted by molar-refractivity contribution is 7.90. The molecule has 212 valence electrons. The molecule has 40 heavy (non-hydrogen) atoms. The number of nitriles is 1. The van der Waals surface area contributed by atoms with Gasteiger partial charge in [-0.3, -0.25) is 14.1 Å². The Hall–Kier alpha value is -3.64. The Bertz CT molecular complexity index is 1670. The van der Waals surface area contributed by atoms with Crippen LogP contribution in [0.5, 0.6) is 11.5 Å². The average Bonchev–Trinajstić information content (AvgIpc) is 3.34. The van der Waals surface area contributed by atoms with E-state index in [1.165, 1.54) is 30.1 Å². The van der Waals surface area contributed by atoms with Gasteiger partial charge in [0.1, 0.15) is 17.0 Å². The number of nitrogens with zero attached hydrogens (tertiary/aromatic N) is 4. The lowest BCUT2D eigenvalue weighted by molar-refractivity contribution is -0.0196. The Morgan fingerprint density at radius 2 is 2.05 bits per heavy atom. The Morgan fingerprint density at radius 3 is 2.75 bits per heavy atom. The monoisotopic (exact) mass is 574 g/mol. The number of ether oxygens (including phenoxy) is 2. The molecular weight excluding hydrogens is 546 g/mol.